The van der Waals surface area contributed by atoms with Gasteiger partial charge in [-0.1, -0.05) is 16.7 Å². The summed E-state index contributed by atoms with van der Waals surface area (Å²) >= 11 is 8.59. The van der Waals surface area contributed by atoms with Gasteiger partial charge in [-0.3, -0.25) is 10.1 Å². The van der Waals surface area contributed by atoms with Crippen molar-refractivity contribution >= 4 is 46.6 Å². The Labute approximate surface area is 150 Å². The Morgan fingerprint density at radius 1 is 1.25 bits per heavy atom. The Hall–Kier alpha value is -1.90. The lowest BCUT2D eigenvalue weighted by molar-refractivity contribution is -0.113. The molecule has 0 spiro atoms. The lowest BCUT2D eigenvalue weighted by atomic mass is 10.3. The van der Waals surface area contributed by atoms with Gasteiger partial charge in [-0.25, -0.2) is 4.39 Å². The van der Waals surface area contributed by atoms with E-state index in [4.69, 9.17) is 16.0 Å². The van der Waals surface area contributed by atoms with Crippen LogP contribution < -0.4 is 5.32 Å². The molecule has 0 unspecified atom stereocenters. The zero-order valence-electron chi connectivity index (χ0n) is 12.2. The van der Waals surface area contributed by atoms with Crippen molar-refractivity contribution < 1.29 is 13.6 Å². The van der Waals surface area contributed by atoms with Crippen LogP contribution in [0.4, 0.5) is 10.4 Å². The standard InChI is InChI=1S/C15H11ClFN3O2S2/c16-12-6-5-11(24-12)7-14-19-20-15(22-14)18-13(21)8-23-10-3-1-9(17)2-4-10/h1-6H,7-8H2,(H,18,20,21). The number of hydrogen-bond acceptors (Lipinski definition) is 6. The fourth-order valence-corrected chi connectivity index (χ4v) is 3.58. The first-order valence-electron chi connectivity index (χ1n) is 6.83. The first kappa shape index (κ1) is 16.9. The van der Waals surface area contributed by atoms with Gasteiger partial charge in [0.1, 0.15) is 5.82 Å². The molecule has 0 bridgehead atoms. The number of nitrogens with zero attached hydrogens (tertiary/aromatic N) is 2. The molecule has 0 aliphatic heterocycles. The van der Waals surface area contributed by atoms with Gasteiger partial charge in [0.05, 0.1) is 16.5 Å². The lowest BCUT2D eigenvalue weighted by Gasteiger charge is -2.01. The summed E-state index contributed by atoms with van der Waals surface area (Å²) in [5.74, 6) is -0.0351. The second-order valence-electron chi connectivity index (χ2n) is 4.67. The molecule has 0 radical (unpaired) electrons. The van der Waals surface area contributed by atoms with Crippen molar-refractivity contribution in [2.24, 2.45) is 0 Å². The van der Waals surface area contributed by atoms with Crippen LogP contribution in [0.3, 0.4) is 0 Å². The minimum absolute atomic E-state index is 0.0531. The third-order valence-electron chi connectivity index (χ3n) is 2.85. The van der Waals surface area contributed by atoms with Crippen LogP contribution in [0.5, 0.6) is 0 Å². The van der Waals surface area contributed by atoms with Crippen LogP contribution in [-0.2, 0) is 11.2 Å². The first-order valence-corrected chi connectivity index (χ1v) is 9.01. The van der Waals surface area contributed by atoms with Crippen LogP contribution in [0, 0.1) is 5.82 Å². The Morgan fingerprint density at radius 2 is 2.04 bits per heavy atom. The molecule has 1 aromatic carbocycles. The van der Waals surface area contributed by atoms with E-state index in [-0.39, 0.29) is 23.5 Å². The summed E-state index contributed by atoms with van der Waals surface area (Å²) in [6.45, 7) is 0. The van der Waals surface area contributed by atoms with Gasteiger partial charge < -0.3 is 4.42 Å². The maximum absolute atomic E-state index is 12.8. The van der Waals surface area contributed by atoms with E-state index >= 15 is 0 Å². The van der Waals surface area contributed by atoms with Crippen molar-refractivity contribution in [2.75, 3.05) is 11.1 Å². The van der Waals surface area contributed by atoms with Gasteiger partial charge in [0, 0.05) is 9.77 Å². The van der Waals surface area contributed by atoms with Crippen molar-refractivity contribution in [2.45, 2.75) is 11.3 Å². The molecule has 1 amide bonds. The molecule has 3 aromatic rings. The van der Waals surface area contributed by atoms with Crippen molar-refractivity contribution in [3.05, 3.63) is 57.3 Å². The molecule has 5 nitrogen and oxygen atoms in total. The second kappa shape index (κ2) is 7.78. The first-order chi connectivity index (χ1) is 11.6. The average Bonchev–Trinajstić information content (AvgIpc) is 3.16. The van der Waals surface area contributed by atoms with Crippen molar-refractivity contribution in [3.8, 4) is 0 Å². The van der Waals surface area contributed by atoms with Gasteiger partial charge in [0.15, 0.2) is 0 Å². The number of aromatic nitrogens is 2. The van der Waals surface area contributed by atoms with Crippen molar-refractivity contribution in [1.82, 2.24) is 10.2 Å². The molecule has 1 N–H and O–H groups in total. The monoisotopic (exact) mass is 383 g/mol. The Balaban J connectivity index is 1.50. The van der Waals surface area contributed by atoms with E-state index in [9.17, 15) is 9.18 Å². The van der Waals surface area contributed by atoms with Gasteiger partial charge in [-0.2, -0.15) is 0 Å². The van der Waals surface area contributed by atoms with E-state index in [0.717, 1.165) is 9.77 Å². The van der Waals surface area contributed by atoms with Gasteiger partial charge in [-0.15, -0.1) is 28.2 Å². The second-order valence-corrected chi connectivity index (χ2v) is 7.52. The summed E-state index contributed by atoms with van der Waals surface area (Å²) in [4.78, 5) is 13.7. The molecule has 24 heavy (non-hydrogen) atoms. The lowest BCUT2D eigenvalue weighted by Crippen LogP contribution is -2.14. The number of carbonyl (C=O) groups excluding carboxylic acids is 1. The number of thiophene rings is 1. The third-order valence-corrected chi connectivity index (χ3v) is 5.09. The third kappa shape index (κ3) is 4.80. The van der Waals surface area contributed by atoms with Crippen molar-refractivity contribution in [1.29, 1.82) is 0 Å². The number of carbonyl (C=O) groups is 1. The molecule has 0 saturated heterocycles. The minimum atomic E-state index is -0.311. The zero-order valence-corrected chi connectivity index (χ0v) is 14.6. The average molecular weight is 384 g/mol. The largest absolute Gasteiger partial charge is 0.407 e. The molecule has 2 heterocycles. The number of amides is 1. The topological polar surface area (TPSA) is 68.0 Å². The fourth-order valence-electron chi connectivity index (χ4n) is 1.81. The SMILES string of the molecule is O=C(CSc1ccc(F)cc1)Nc1nnc(Cc2ccc(Cl)s2)o1. The van der Waals surface area contributed by atoms with Crippen LogP contribution >= 0.6 is 34.7 Å². The number of hydrogen-bond donors (Lipinski definition) is 1. The molecule has 0 fully saturated rings. The predicted molar refractivity (Wildman–Crippen MR) is 92.2 cm³/mol. The molecule has 2 aromatic heterocycles. The summed E-state index contributed by atoms with van der Waals surface area (Å²) in [6, 6.07) is 9.66. The number of rotatable bonds is 6. The molecular formula is C15H11ClFN3O2S2. The van der Waals surface area contributed by atoms with E-state index in [1.165, 1.54) is 35.2 Å². The maximum atomic E-state index is 12.8. The fraction of sp³-hybridized carbons (Fsp3) is 0.133. The summed E-state index contributed by atoms with van der Waals surface area (Å²) < 4.78 is 18.9. The molecule has 124 valence electrons. The number of nitrogens with one attached hydrogen (secondary N) is 1. The summed E-state index contributed by atoms with van der Waals surface area (Å²) in [6.07, 6.45) is 0.463. The molecule has 0 aliphatic carbocycles. The Kier molecular flexibility index (Phi) is 5.49. The van der Waals surface area contributed by atoms with E-state index in [0.29, 0.717) is 16.6 Å². The molecule has 9 heteroatoms. The van der Waals surface area contributed by atoms with E-state index in [2.05, 4.69) is 15.5 Å². The number of thioether (sulfide) groups is 1. The van der Waals surface area contributed by atoms with E-state index < -0.39 is 0 Å². The highest BCUT2D eigenvalue weighted by Gasteiger charge is 2.11. The molecular weight excluding hydrogens is 373 g/mol. The Morgan fingerprint density at radius 3 is 2.75 bits per heavy atom. The van der Waals surface area contributed by atoms with E-state index in [1.807, 2.05) is 6.07 Å². The molecule has 0 saturated carbocycles. The number of benzene rings is 1. The highest BCUT2D eigenvalue weighted by molar-refractivity contribution is 8.00. The minimum Gasteiger partial charge on any atom is -0.407 e. The van der Waals surface area contributed by atoms with Crippen LogP contribution in [0.1, 0.15) is 10.8 Å². The number of anilines is 1. The number of halogens is 2. The normalized spacial score (nSPS) is 10.8. The molecule has 3 rings (SSSR count). The van der Waals surface area contributed by atoms with Crippen molar-refractivity contribution in [3.63, 3.8) is 0 Å². The highest BCUT2D eigenvalue weighted by Crippen LogP contribution is 2.24. The smallest absolute Gasteiger partial charge is 0.322 e. The summed E-state index contributed by atoms with van der Waals surface area (Å²) in [5.41, 5.74) is 0. The van der Waals surface area contributed by atoms with E-state index in [1.54, 1.807) is 18.2 Å². The van der Waals surface area contributed by atoms with Gasteiger partial charge in [0.2, 0.25) is 11.8 Å². The van der Waals surface area contributed by atoms with Crippen LogP contribution in [0.2, 0.25) is 4.34 Å². The Bertz CT molecular complexity index is 835. The quantitative estimate of drug-likeness (QED) is 0.644. The maximum Gasteiger partial charge on any atom is 0.322 e. The zero-order chi connectivity index (χ0) is 16.9. The van der Waals surface area contributed by atoms with Crippen LogP contribution in [-0.4, -0.2) is 21.9 Å². The van der Waals surface area contributed by atoms with Crippen LogP contribution in [0.15, 0.2) is 45.7 Å². The van der Waals surface area contributed by atoms with Gasteiger partial charge >= 0.3 is 6.01 Å². The van der Waals surface area contributed by atoms with Gasteiger partial charge in [-0.05, 0) is 36.4 Å². The predicted octanol–water partition coefficient (Wildman–Crippen LogP) is 4.25. The molecule has 0 atom stereocenters. The summed E-state index contributed by atoms with van der Waals surface area (Å²) in [5, 5.41) is 10.2. The highest BCUT2D eigenvalue weighted by atomic mass is 35.5. The van der Waals surface area contributed by atoms with Gasteiger partial charge in [0.25, 0.3) is 0 Å². The molecule has 0 aliphatic rings. The van der Waals surface area contributed by atoms with Crippen LogP contribution in [0.25, 0.3) is 0 Å². The summed E-state index contributed by atoms with van der Waals surface area (Å²) in [7, 11) is 0.